The third-order valence-electron chi connectivity index (χ3n) is 3.95. The van der Waals surface area contributed by atoms with Gasteiger partial charge in [-0.3, -0.25) is 4.90 Å². The fourth-order valence-electron chi connectivity index (χ4n) is 2.72. The second-order valence-corrected chi connectivity index (χ2v) is 7.18. The lowest BCUT2D eigenvalue weighted by atomic mass is 10.2. The standard InChI is InChI=1S/C15H20N2S2/c1-3-13-7-12(9-18-13)15-14(19-10-16-15)8-17-6-4-5-11(17)2/h7,9-11H,3-6,8H2,1-2H3. The summed E-state index contributed by atoms with van der Waals surface area (Å²) in [4.78, 5) is 10.1. The fraction of sp³-hybridized carbons (Fsp3) is 0.533. The summed E-state index contributed by atoms with van der Waals surface area (Å²) in [7, 11) is 0. The van der Waals surface area contributed by atoms with Gasteiger partial charge >= 0.3 is 0 Å². The van der Waals surface area contributed by atoms with Crippen LogP contribution in [0.5, 0.6) is 0 Å². The minimum atomic E-state index is 0.726. The number of hydrogen-bond donors (Lipinski definition) is 0. The van der Waals surface area contributed by atoms with Gasteiger partial charge in [-0.05, 0) is 38.8 Å². The summed E-state index contributed by atoms with van der Waals surface area (Å²) in [6.07, 6.45) is 3.80. The topological polar surface area (TPSA) is 16.1 Å². The predicted octanol–water partition coefficient (Wildman–Crippen LogP) is 4.42. The highest BCUT2D eigenvalue weighted by atomic mass is 32.1. The highest BCUT2D eigenvalue weighted by Gasteiger charge is 2.22. The summed E-state index contributed by atoms with van der Waals surface area (Å²) in [5.41, 5.74) is 4.51. The largest absolute Gasteiger partial charge is 0.296 e. The first-order valence-electron chi connectivity index (χ1n) is 7.02. The number of thiazole rings is 1. The number of likely N-dealkylation sites (tertiary alicyclic amines) is 1. The summed E-state index contributed by atoms with van der Waals surface area (Å²) < 4.78 is 0. The van der Waals surface area contributed by atoms with Crippen LogP contribution in [0.4, 0.5) is 0 Å². The van der Waals surface area contributed by atoms with Gasteiger partial charge in [-0.25, -0.2) is 4.98 Å². The predicted molar refractivity (Wildman–Crippen MR) is 83.9 cm³/mol. The van der Waals surface area contributed by atoms with E-state index >= 15 is 0 Å². The first-order valence-corrected chi connectivity index (χ1v) is 8.78. The fourth-order valence-corrected chi connectivity index (χ4v) is 4.35. The Morgan fingerprint density at radius 1 is 1.42 bits per heavy atom. The molecule has 4 heteroatoms. The molecule has 0 aromatic carbocycles. The number of hydrogen-bond acceptors (Lipinski definition) is 4. The Bertz CT molecular complexity index is 544. The van der Waals surface area contributed by atoms with Gasteiger partial charge in [0.25, 0.3) is 0 Å². The maximum absolute atomic E-state index is 4.60. The molecule has 0 spiro atoms. The first kappa shape index (κ1) is 13.3. The van der Waals surface area contributed by atoms with E-state index in [-0.39, 0.29) is 0 Å². The number of thiophene rings is 1. The summed E-state index contributed by atoms with van der Waals surface area (Å²) >= 11 is 3.65. The average Bonchev–Trinajstić information content (AvgIpc) is 3.11. The van der Waals surface area contributed by atoms with Crippen molar-refractivity contribution >= 4 is 22.7 Å². The first-order chi connectivity index (χ1) is 9.28. The zero-order chi connectivity index (χ0) is 13.2. The molecule has 2 aromatic rings. The van der Waals surface area contributed by atoms with Gasteiger partial charge in [-0.2, -0.15) is 0 Å². The van der Waals surface area contributed by atoms with Crippen LogP contribution in [0, 0.1) is 0 Å². The molecular formula is C15H20N2S2. The maximum atomic E-state index is 4.60. The Kier molecular flexibility index (Phi) is 4.01. The molecule has 1 aliphatic rings. The molecule has 0 aliphatic carbocycles. The molecule has 1 fully saturated rings. The van der Waals surface area contributed by atoms with Gasteiger partial charge in [-0.1, -0.05) is 6.92 Å². The minimum Gasteiger partial charge on any atom is -0.296 e. The van der Waals surface area contributed by atoms with Crippen LogP contribution >= 0.6 is 22.7 Å². The maximum Gasteiger partial charge on any atom is 0.0864 e. The molecule has 0 amide bonds. The van der Waals surface area contributed by atoms with Crippen molar-refractivity contribution < 1.29 is 0 Å². The van der Waals surface area contributed by atoms with Gasteiger partial charge in [0.15, 0.2) is 0 Å². The van der Waals surface area contributed by atoms with E-state index in [9.17, 15) is 0 Å². The number of nitrogens with zero attached hydrogens (tertiary/aromatic N) is 2. The summed E-state index contributed by atoms with van der Waals surface area (Å²) in [5, 5.41) is 2.25. The van der Waals surface area contributed by atoms with Gasteiger partial charge in [-0.15, -0.1) is 22.7 Å². The van der Waals surface area contributed by atoms with Crippen LogP contribution in [0.15, 0.2) is 17.0 Å². The Hall–Kier alpha value is -0.710. The number of aromatic nitrogens is 1. The Labute approximate surface area is 123 Å². The Morgan fingerprint density at radius 3 is 3.00 bits per heavy atom. The molecule has 0 bridgehead atoms. The van der Waals surface area contributed by atoms with E-state index in [1.165, 1.54) is 40.4 Å². The molecule has 0 radical (unpaired) electrons. The van der Waals surface area contributed by atoms with E-state index in [2.05, 4.69) is 35.2 Å². The SMILES string of the molecule is CCc1cc(-c2ncsc2CN2CCCC2C)cs1. The van der Waals surface area contributed by atoms with Crippen LogP contribution < -0.4 is 0 Å². The van der Waals surface area contributed by atoms with Crippen molar-refractivity contribution in [1.29, 1.82) is 0 Å². The molecule has 3 rings (SSSR count). The van der Waals surface area contributed by atoms with Crippen LogP contribution in [0.3, 0.4) is 0 Å². The van der Waals surface area contributed by atoms with Crippen molar-refractivity contribution in [2.45, 2.75) is 45.7 Å². The minimum absolute atomic E-state index is 0.726. The average molecular weight is 292 g/mol. The van der Waals surface area contributed by atoms with Crippen LogP contribution in [-0.2, 0) is 13.0 Å². The van der Waals surface area contributed by atoms with Crippen LogP contribution in [0.25, 0.3) is 11.3 Å². The molecular weight excluding hydrogens is 272 g/mol. The molecule has 102 valence electrons. The third kappa shape index (κ3) is 2.76. The van der Waals surface area contributed by atoms with Crippen molar-refractivity contribution in [2.75, 3.05) is 6.54 Å². The molecule has 1 atom stereocenters. The number of rotatable bonds is 4. The van der Waals surface area contributed by atoms with E-state index in [1.54, 1.807) is 11.3 Å². The van der Waals surface area contributed by atoms with Crippen LogP contribution in [0.1, 0.15) is 36.4 Å². The van der Waals surface area contributed by atoms with Gasteiger partial charge in [0.1, 0.15) is 0 Å². The normalized spacial score (nSPS) is 20.2. The van der Waals surface area contributed by atoms with Crippen molar-refractivity contribution in [3.8, 4) is 11.3 Å². The van der Waals surface area contributed by atoms with E-state index in [0.29, 0.717) is 0 Å². The molecule has 0 N–H and O–H groups in total. The molecule has 0 saturated carbocycles. The Morgan fingerprint density at radius 2 is 2.32 bits per heavy atom. The van der Waals surface area contributed by atoms with Gasteiger partial charge < -0.3 is 0 Å². The van der Waals surface area contributed by atoms with Gasteiger partial charge in [0.05, 0.1) is 11.2 Å². The molecule has 2 aromatic heterocycles. The van der Waals surface area contributed by atoms with Crippen molar-refractivity contribution in [3.05, 3.63) is 26.7 Å². The van der Waals surface area contributed by atoms with Crippen LogP contribution in [-0.4, -0.2) is 22.5 Å². The summed E-state index contributed by atoms with van der Waals surface area (Å²) in [6.45, 7) is 6.86. The molecule has 2 nitrogen and oxygen atoms in total. The number of aryl methyl sites for hydroxylation is 1. The van der Waals surface area contributed by atoms with E-state index in [4.69, 9.17) is 0 Å². The van der Waals surface area contributed by atoms with E-state index in [1.807, 2.05) is 16.8 Å². The van der Waals surface area contributed by atoms with Crippen LogP contribution in [0.2, 0.25) is 0 Å². The lowest BCUT2D eigenvalue weighted by Crippen LogP contribution is -2.25. The summed E-state index contributed by atoms with van der Waals surface area (Å²) in [5.74, 6) is 0. The van der Waals surface area contributed by atoms with E-state index < -0.39 is 0 Å². The highest BCUT2D eigenvalue weighted by Crippen LogP contribution is 2.32. The molecule has 1 unspecified atom stereocenters. The highest BCUT2D eigenvalue weighted by molar-refractivity contribution is 7.11. The third-order valence-corrected chi connectivity index (χ3v) is 5.85. The van der Waals surface area contributed by atoms with E-state index in [0.717, 1.165) is 19.0 Å². The zero-order valence-electron chi connectivity index (χ0n) is 11.6. The monoisotopic (exact) mass is 292 g/mol. The molecule has 1 aliphatic heterocycles. The second-order valence-electron chi connectivity index (χ2n) is 5.24. The van der Waals surface area contributed by atoms with Crippen molar-refractivity contribution in [2.24, 2.45) is 0 Å². The van der Waals surface area contributed by atoms with Gasteiger partial charge in [0, 0.05) is 33.3 Å². The lowest BCUT2D eigenvalue weighted by molar-refractivity contribution is 0.263. The molecule has 3 heterocycles. The zero-order valence-corrected chi connectivity index (χ0v) is 13.2. The van der Waals surface area contributed by atoms with Crippen molar-refractivity contribution in [1.82, 2.24) is 9.88 Å². The second kappa shape index (κ2) is 5.73. The lowest BCUT2D eigenvalue weighted by Gasteiger charge is -2.20. The molecule has 19 heavy (non-hydrogen) atoms. The van der Waals surface area contributed by atoms with Gasteiger partial charge in [0.2, 0.25) is 0 Å². The smallest absolute Gasteiger partial charge is 0.0864 e. The molecule has 1 saturated heterocycles. The summed E-state index contributed by atoms with van der Waals surface area (Å²) in [6, 6.07) is 3.03. The quantitative estimate of drug-likeness (QED) is 0.829. The van der Waals surface area contributed by atoms with Crippen molar-refractivity contribution in [3.63, 3.8) is 0 Å². The Balaban J connectivity index is 1.81.